The Balaban J connectivity index is 1.34. The van der Waals surface area contributed by atoms with Gasteiger partial charge < -0.3 is 5.32 Å². The van der Waals surface area contributed by atoms with Crippen LogP contribution in [0.1, 0.15) is 29.0 Å². The summed E-state index contributed by atoms with van der Waals surface area (Å²) in [5.74, 6) is 0.311. The summed E-state index contributed by atoms with van der Waals surface area (Å²) in [6, 6.07) is 20.9. The summed E-state index contributed by atoms with van der Waals surface area (Å²) in [5, 5.41) is 12.5. The van der Waals surface area contributed by atoms with Crippen LogP contribution in [-0.2, 0) is 17.6 Å². The van der Waals surface area contributed by atoms with E-state index < -0.39 is 5.92 Å². The van der Waals surface area contributed by atoms with Gasteiger partial charge in [-0.2, -0.15) is 5.26 Å². The van der Waals surface area contributed by atoms with Crippen LogP contribution in [0.15, 0.2) is 54.6 Å². The zero-order valence-electron chi connectivity index (χ0n) is 13.5. The third-order valence-electron chi connectivity index (χ3n) is 5.38. The standard InChI is InChI=1S/C21H20N2O/c22-13-16(11-10-14-6-2-1-3-7-14)21(24)23-20-18-12-15-8-4-5-9-17(15)19(18)20/h1-9,16,18-20H,10-12H2,(H,23,24). The van der Waals surface area contributed by atoms with Crippen molar-refractivity contribution in [2.75, 3.05) is 0 Å². The molecule has 24 heavy (non-hydrogen) atoms. The minimum absolute atomic E-state index is 0.106. The number of nitrogens with one attached hydrogen (secondary N) is 1. The second-order valence-electron chi connectivity index (χ2n) is 6.83. The van der Waals surface area contributed by atoms with Crippen LogP contribution in [0.25, 0.3) is 0 Å². The zero-order valence-corrected chi connectivity index (χ0v) is 13.5. The number of carbonyl (C=O) groups excluding carboxylic acids is 1. The molecule has 2 aliphatic carbocycles. The number of hydrogen-bond acceptors (Lipinski definition) is 2. The number of amides is 1. The van der Waals surface area contributed by atoms with E-state index in [1.807, 2.05) is 30.3 Å². The first-order valence-electron chi connectivity index (χ1n) is 8.59. The van der Waals surface area contributed by atoms with Crippen LogP contribution in [0.3, 0.4) is 0 Å². The van der Waals surface area contributed by atoms with Crippen LogP contribution >= 0.6 is 0 Å². The van der Waals surface area contributed by atoms with Gasteiger partial charge >= 0.3 is 0 Å². The minimum atomic E-state index is -0.568. The summed E-state index contributed by atoms with van der Waals surface area (Å²) in [6.45, 7) is 0. The minimum Gasteiger partial charge on any atom is -0.351 e. The largest absolute Gasteiger partial charge is 0.351 e. The van der Waals surface area contributed by atoms with Crippen molar-refractivity contribution >= 4 is 5.91 Å². The summed E-state index contributed by atoms with van der Waals surface area (Å²) >= 11 is 0. The van der Waals surface area contributed by atoms with Gasteiger partial charge in [-0.1, -0.05) is 54.6 Å². The van der Waals surface area contributed by atoms with Gasteiger partial charge in [0, 0.05) is 12.0 Å². The Bertz CT molecular complexity index is 793. The lowest BCUT2D eigenvalue weighted by Crippen LogP contribution is -2.34. The first-order valence-corrected chi connectivity index (χ1v) is 8.59. The quantitative estimate of drug-likeness (QED) is 0.921. The van der Waals surface area contributed by atoms with Gasteiger partial charge in [0.25, 0.3) is 0 Å². The Labute approximate surface area is 142 Å². The fourth-order valence-electron chi connectivity index (χ4n) is 4.02. The molecule has 0 heterocycles. The number of rotatable bonds is 5. The molecule has 0 aromatic heterocycles. The Hall–Kier alpha value is -2.60. The molecule has 1 fully saturated rings. The SMILES string of the molecule is N#CC(CCc1ccccc1)C(=O)NC1C2Cc3ccccc3C21. The van der Waals surface area contributed by atoms with Crippen molar-refractivity contribution in [3.63, 3.8) is 0 Å². The molecular formula is C21H20N2O. The fourth-order valence-corrected chi connectivity index (χ4v) is 4.02. The molecule has 0 spiro atoms. The third-order valence-corrected chi connectivity index (χ3v) is 5.38. The lowest BCUT2D eigenvalue weighted by Gasteiger charge is -2.13. The van der Waals surface area contributed by atoms with Crippen LogP contribution in [0.2, 0.25) is 0 Å². The second kappa shape index (κ2) is 6.13. The molecule has 3 nitrogen and oxygen atoms in total. The number of carbonyl (C=O) groups is 1. The van der Waals surface area contributed by atoms with Gasteiger partial charge in [-0.3, -0.25) is 4.79 Å². The van der Waals surface area contributed by atoms with E-state index in [1.165, 1.54) is 16.7 Å². The predicted molar refractivity (Wildman–Crippen MR) is 92.2 cm³/mol. The van der Waals surface area contributed by atoms with Crippen molar-refractivity contribution in [3.8, 4) is 6.07 Å². The molecule has 1 N–H and O–H groups in total. The Kier molecular flexibility index (Phi) is 3.82. The van der Waals surface area contributed by atoms with Crippen LogP contribution in [0.5, 0.6) is 0 Å². The molecule has 4 atom stereocenters. The van der Waals surface area contributed by atoms with Crippen molar-refractivity contribution < 1.29 is 4.79 Å². The highest BCUT2D eigenvalue weighted by Gasteiger charge is 2.56. The molecule has 120 valence electrons. The van der Waals surface area contributed by atoms with E-state index in [0.29, 0.717) is 18.3 Å². The molecule has 0 bridgehead atoms. The molecule has 0 aliphatic heterocycles. The number of fused-ring (bicyclic) bond motifs is 3. The average molecular weight is 316 g/mol. The maximum atomic E-state index is 12.5. The maximum absolute atomic E-state index is 12.5. The van der Waals surface area contributed by atoms with Gasteiger partial charge in [0.1, 0.15) is 5.92 Å². The zero-order chi connectivity index (χ0) is 16.5. The summed E-state index contributed by atoms with van der Waals surface area (Å²) < 4.78 is 0. The van der Waals surface area contributed by atoms with Crippen molar-refractivity contribution in [2.24, 2.45) is 11.8 Å². The van der Waals surface area contributed by atoms with Gasteiger partial charge in [-0.15, -0.1) is 0 Å². The number of nitrogens with zero attached hydrogens (tertiary/aromatic N) is 1. The molecule has 4 rings (SSSR count). The number of aryl methyl sites for hydroxylation is 1. The second-order valence-corrected chi connectivity index (χ2v) is 6.83. The van der Waals surface area contributed by atoms with E-state index >= 15 is 0 Å². The van der Waals surface area contributed by atoms with Crippen molar-refractivity contribution in [1.29, 1.82) is 5.26 Å². The van der Waals surface area contributed by atoms with Crippen LogP contribution < -0.4 is 5.32 Å². The lowest BCUT2D eigenvalue weighted by molar-refractivity contribution is -0.123. The van der Waals surface area contributed by atoms with Gasteiger partial charge in [-0.05, 0) is 41.9 Å². The molecule has 1 amide bonds. The highest BCUT2D eigenvalue weighted by Crippen LogP contribution is 2.56. The van der Waals surface area contributed by atoms with E-state index in [0.717, 1.165) is 12.8 Å². The number of benzene rings is 2. The van der Waals surface area contributed by atoms with Crippen molar-refractivity contribution in [2.45, 2.75) is 31.2 Å². The molecule has 3 heteroatoms. The van der Waals surface area contributed by atoms with E-state index in [9.17, 15) is 10.1 Å². The van der Waals surface area contributed by atoms with Crippen LogP contribution in [0, 0.1) is 23.2 Å². The van der Waals surface area contributed by atoms with Crippen molar-refractivity contribution in [1.82, 2.24) is 5.32 Å². The molecule has 1 saturated carbocycles. The highest BCUT2D eigenvalue weighted by atomic mass is 16.2. The van der Waals surface area contributed by atoms with Gasteiger partial charge in [0.2, 0.25) is 5.91 Å². The smallest absolute Gasteiger partial charge is 0.237 e. The molecular weight excluding hydrogens is 296 g/mol. The summed E-state index contributed by atoms with van der Waals surface area (Å²) in [7, 11) is 0. The molecule has 0 radical (unpaired) electrons. The molecule has 2 aromatic carbocycles. The summed E-state index contributed by atoms with van der Waals surface area (Å²) in [6.07, 6.45) is 2.38. The number of nitriles is 1. The maximum Gasteiger partial charge on any atom is 0.237 e. The summed E-state index contributed by atoms with van der Waals surface area (Å²) in [5.41, 5.74) is 3.97. The van der Waals surface area contributed by atoms with Crippen LogP contribution in [0.4, 0.5) is 0 Å². The molecule has 0 saturated heterocycles. The normalized spacial score (nSPS) is 24.4. The van der Waals surface area contributed by atoms with E-state index in [2.05, 4.69) is 35.7 Å². The molecule has 4 unspecified atom stereocenters. The van der Waals surface area contributed by atoms with Gasteiger partial charge in [-0.25, -0.2) is 0 Å². The van der Waals surface area contributed by atoms with E-state index in [1.54, 1.807) is 0 Å². The summed E-state index contributed by atoms with van der Waals surface area (Å²) in [4.78, 5) is 12.5. The predicted octanol–water partition coefficient (Wildman–Crippen LogP) is 3.21. The highest BCUT2D eigenvalue weighted by molar-refractivity contribution is 5.82. The number of hydrogen-bond donors (Lipinski definition) is 1. The first-order chi connectivity index (χ1) is 11.8. The van der Waals surface area contributed by atoms with Gasteiger partial charge in [0.15, 0.2) is 0 Å². The lowest BCUT2D eigenvalue weighted by atomic mass is 9.99. The van der Waals surface area contributed by atoms with E-state index in [4.69, 9.17) is 0 Å². The Morgan fingerprint density at radius 1 is 1.17 bits per heavy atom. The Morgan fingerprint density at radius 2 is 1.92 bits per heavy atom. The average Bonchev–Trinajstić information content (AvgIpc) is 3.13. The Morgan fingerprint density at radius 3 is 2.71 bits per heavy atom. The topological polar surface area (TPSA) is 52.9 Å². The molecule has 2 aromatic rings. The van der Waals surface area contributed by atoms with Crippen molar-refractivity contribution in [3.05, 3.63) is 71.3 Å². The van der Waals surface area contributed by atoms with E-state index in [-0.39, 0.29) is 11.9 Å². The monoisotopic (exact) mass is 316 g/mol. The molecule has 2 aliphatic rings. The first kappa shape index (κ1) is 15.0. The third kappa shape index (κ3) is 2.69. The van der Waals surface area contributed by atoms with Crippen LogP contribution in [-0.4, -0.2) is 11.9 Å². The fraction of sp³-hybridized carbons (Fsp3) is 0.333. The van der Waals surface area contributed by atoms with Gasteiger partial charge in [0.05, 0.1) is 6.07 Å².